The van der Waals surface area contributed by atoms with Gasteiger partial charge in [-0.3, -0.25) is 0 Å². The van der Waals surface area contributed by atoms with E-state index >= 15 is 0 Å². The van der Waals surface area contributed by atoms with Crippen molar-refractivity contribution in [2.24, 2.45) is 5.92 Å². The Bertz CT molecular complexity index is 241. The molecule has 0 bridgehead atoms. The molecule has 0 aromatic carbocycles. The smallest absolute Gasteiger partial charge is 0.0235 e. The molecule has 0 nitrogen and oxygen atoms in total. The number of rotatable bonds is 4. The van der Waals surface area contributed by atoms with Gasteiger partial charge in [-0.05, 0) is 64.7 Å². The van der Waals surface area contributed by atoms with Crippen molar-refractivity contribution < 1.29 is 0 Å². The fourth-order valence-electron chi connectivity index (χ4n) is 2.21. The molecule has 0 aromatic rings. The van der Waals surface area contributed by atoms with E-state index in [2.05, 4.69) is 39.8 Å². The molecular formula is C15H25. The van der Waals surface area contributed by atoms with Crippen LogP contribution in [0, 0.1) is 11.8 Å². The number of hydrogen-bond acceptors (Lipinski definition) is 0. The van der Waals surface area contributed by atoms with Crippen LogP contribution >= 0.6 is 0 Å². The van der Waals surface area contributed by atoms with Crippen LogP contribution in [0.25, 0.3) is 0 Å². The lowest BCUT2D eigenvalue weighted by molar-refractivity contribution is 0.463. The van der Waals surface area contributed by atoms with Crippen molar-refractivity contribution in [3.05, 3.63) is 29.2 Å². The summed E-state index contributed by atoms with van der Waals surface area (Å²) >= 11 is 0. The minimum atomic E-state index is 0.860. The van der Waals surface area contributed by atoms with Crippen LogP contribution in [0.2, 0.25) is 0 Å². The molecule has 0 amide bonds. The third kappa shape index (κ3) is 4.68. The Morgan fingerprint density at radius 2 is 2.13 bits per heavy atom. The van der Waals surface area contributed by atoms with Gasteiger partial charge < -0.3 is 0 Å². The van der Waals surface area contributed by atoms with E-state index in [-0.39, 0.29) is 0 Å². The molecule has 0 saturated heterocycles. The predicted octanol–water partition coefficient (Wildman–Crippen LogP) is 5.07. The minimum absolute atomic E-state index is 0.860. The lowest BCUT2D eigenvalue weighted by Gasteiger charge is -2.25. The second-order valence-corrected chi connectivity index (χ2v) is 5.19. The average Bonchev–Trinajstić information content (AvgIpc) is 2.18. The zero-order valence-corrected chi connectivity index (χ0v) is 10.8. The van der Waals surface area contributed by atoms with Gasteiger partial charge in [0.2, 0.25) is 0 Å². The molecule has 1 aliphatic carbocycles. The highest BCUT2D eigenvalue weighted by Gasteiger charge is 2.18. The fraction of sp³-hybridized carbons (Fsp3) is 0.667. The van der Waals surface area contributed by atoms with E-state index in [4.69, 9.17) is 0 Å². The second kappa shape index (κ2) is 6.15. The maximum absolute atomic E-state index is 2.43. The Morgan fingerprint density at radius 3 is 2.67 bits per heavy atom. The summed E-state index contributed by atoms with van der Waals surface area (Å²) in [4.78, 5) is 0. The molecular weight excluding hydrogens is 180 g/mol. The van der Waals surface area contributed by atoms with Crippen LogP contribution in [-0.2, 0) is 0 Å². The first-order valence-electron chi connectivity index (χ1n) is 6.21. The molecule has 0 fully saturated rings. The van der Waals surface area contributed by atoms with Crippen LogP contribution < -0.4 is 0 Å². The minimum Gasteiger partial charge on any atom is -0.0859 e. The van der Waals surface area contributed by atoms with Crippen molar-refractivity contribution in [3.8, 4) is 0 Å². The van der Waals surface area contributed by atoms with Crippen LogP contribution in [0.3, 0.4) is 0 Å². The summed E-state index contributed by atoms with van der Waals surface area (Å²) in [7, 11) is 0. The molecule has 0 aromatic heterocycles. The molecule has 1 atom stereocenters. The lowest BCUT2D eigenvalue weighted by Crippen LogP contribution is -2.12. The van der Waals surface area contributed by atoms with Crippen molar-refractivity contribution in [3.63, 3.8) is 0 Å². The van der Waals surface area contributed by atoms with Gasteiger partial charge >= 0.3 is 0 Å². The lowest BCUT2D eigenvalue weighted by atomic mass is 9.80. The normalized spacial score (nSPS) is 21.4. The maximum atomic E-state index is 2.43. The van der Waals surface area contributed by atoms with Gasteiger partial charge in [0.1, 0.15) is 0 Å². The highest BCUT2D eigenvalue weighted by Crippen LogP contribution is 2.32. The number of allylic oxidation sites excluding steroid dienone is 4. The van der Waals surface area contributed by atoms with Gasteiger partial charge in [-0.25, -0.2) is 0 Å². The zero-order valence-electron chi connectivity index (χ0n) is 10.8. The van der Waals surface area contributed by atoms with Gasteiger partial charge in [-0.15, -0.1) is 0 Å². The van der Waals surface area contributed by atoms with Crippen LogP contribution in [0.15, 0.2) is 23.3 Å². The van der Waals surface area contributed by atoms with Crippen LogP contribution in [0.1, 0.15) is 59.8 Å². The van der Waals surface area contributed by atoms with Crippen molar-refractivity contribution in [2.75, 3.05) is 0 Å². The molecule has 0 aliphatic heterocycles. The van der Waals surface area contributed by atoms with Crippen molar-refractivity contribution in [1.82, 2.24) is 0 Å². The molecule has 0 heterocycles. The summed E-state index contributed by atoms with van der Waals surface area (Å²) in [6.07, 6.45) is 11.3. The topological polar surface area (TPSA) is 0 Å². The summed E-state index contributed by atoms with van der Waals surface area (Å²) in [5.41, 5.74) is 3.03. The quantitative estimate of drug-likeness (QED) is 0.562. The molecule has 15 heavy (non-hydrogen) atoms. The van der Waals surface area contributed by atoms with Gasteiger partial charge in [-0.1, -0.05) is 30.2 Å². The molecule has 0 N–H and O–H groups in total. The van der Waals surface area contributed by atoms with Gasteiger partial charge in [0, 0.05) is 0 Å². The van der Waals surface area contributed by atoms with Crippen molar-refractivity contribution >= 4 is 0 Å². The molecule has 1 unspecified atom stereocenters. The van der Waals surface area contributed by atoms with Gasteiger partial charge in [-0.2, -0.15) is 0 Å². The van der Waals surface area contributed by atoms with Gasteiger partial charge in [0.15, 0.2) is 0 Å². The van der Waals surface area contributed by atoms with Crippen LogP contribution in [-0.4, -0.2) is 0 Å². The monoisotopic (exact) mass is 205 g/mol. The van der Waals surface area contributed by atoms with E-state index in [1.165, 1.54) is 37.7 Å². The molecule has 1 radical (unpaired) electrons. The van der Waals surface area contributed by atoms with E-state index in [9.17, 15) is 0 Å². The standard InChI is InChI=1S/C15H25/c1-12(2)6-5-7-14(4)15-10-8-13(3)9-11-15/h6,8,15H,5,7,9-11H2,1-4H3. The van der Waals surface area contributed by atoms with E-state index < -0.39 is 0 Å². The van der Waals surface area contributed by atoms with Crippen LogP contribution in [0.4, 0.5) is 0 Å². The van der Waals surface area contributed by atoms with Gasteiger partial charge in [0.25, 0.3) is 0 Å². The molecule has 1 aliphatic rings. The molecule has 1 rings (SSSR count). The first-order chi connectivity index (χ1) is 7.09. The average molecular weight is 205 g/mol. The largest absolute Gasteiger partial charge is 0.0859 e. The first kappa shape index (κ1) is 12.5. The maximum Gasteiger partial charge on any atom is -0.0235 e. The highest BCUT2D eigenvalue weighted by atomic mass is 14.2. The molecule has 0 spiro atoms. The molecule has 85 valence electrons. The predicted molar refractivity (Wildman–Crippen MR) is 68.7 cm³/mol. The van der Waals surface area contributed by atoms with Crippen molar-refractivity contribution in [2.45, 2.75) is 59.8 Å². The Hall–Kier alpha value is -0.520. The van der Waals surface area contributed by atoms with E-state index in [1.807, 2.05) is 0 Å². The van der Waals surface area contributed by atoms with Crippen molar-refractivity contribution in [1.29, 1.82) is 0 Å². The summed E-state index contributed by atoms with van der Waals surface area (Å²) in [5, 5.41) is 0. The first-order valence-corrected chi connectivity index (χ1v) is 6.21. The zero-order chi connectivity index (χ0) is 11.3. The van der Waals surface area contributed by atoms with Gasteiger partial charge in [0.05, 0.1) is 0 Å². The fourth-order valence-corrected chi connectivity index (χ4v) is 2.21. The Labute approximate surface area is 95.5 Å². The van der Waals surface area contributed by atoms with E-state index in [0.717, 1.165) is 5.92 Å². The SMILES string of the molecule is C[C](CCC=C(C)C)C1CC=C(C)CC1. The third-order valence-corrected chi connectivity index (χ3v) is 3.43. The van der Waals surface area contributed by atoms with E-state index in [0.29, 0.717) is 0 Å². The summed E-state index contributed by atoms with van der Waals surface area (Å²) in [5.74, 6) is 2.57. The Morgan fingerprint density at radius 1 is 1.40 bits per heavy atom. The third-order valence-electron chi connectivity index (χ3n) is 3.43. The second-order valence-electron chi connectivity index (χ2n) is 5.19. The molecule has 0 heteroatoms. The number of hydrogen-bond donors (Lipinski definition) is 0. The highest BCUT2D eigenvalue weighted by molar-refractivity contribution is 5.08. The molecule has 0 saturated carbocycles. The van der Waals surface area contributed by atoms with Crippen LogP contribution in [0.5, 0.6) is 0 Å². The summed E-state index contributed by atoms with van der Waals surface area (Å²) in [6.45, 7) is 8.97. The van der Waals surface area contributed by atoms with E-state index in [1.54, 1.807) is 11.5 Å². The Balaban J connectivity index is 2.29. The summed E-state index contributed by atoms with van der Waals surface area (Å²) < 4.78 is 0. The summed E-state index contributed by atoms with van der Waals surface area (Å²) in [6, 6.07) is 0. The Kier molecular flexibility index (Phi) is 5.14.